The molecule has 0 aliphatic carbocycles. The van der Waals surface area contributed by atoms with E-state index in [4.69, 9.17) is 5.73 Å². The van der Waals surface area contributed by atoms with Crippen molar-refractivity contribution in [2.75, 3.05) is 5.32 Å². The molecule has 7 heteroatoms. The molecule has 4 N–H and O–H groups in total. The molecule has 1 aromatic carbocycles. The van der Waals surface area contributed by atoms with E-state index in [1.165, 1.54) is 0 Å². The van der Waals surface area contributed by atoms with Gasteiger partial charge in [-0.15, -0.1) is 0 Å². The molecule has 0 atom stereocenters. The SMILES string of the molecule is Cc1n[nH]c(C)c1CNc1cc(C(N)=O)c(F)cc1F. The molecule has 5 nitrogen and oxygen atoms in total. The van der Waals surface area contributed by atoms with Gasteiger partial charge in [0.1, 0.15) is 11.6 Å². The van der Waals surface area contributed by atoms with E-state index in [0.717, 1.165) is 23.0 Å². The van der Waals surface area contributed by atoms with Crippen molar-refractivity contribution in [1.29, 1.82) is 0 Å². The predicted molar refractivity (Wildman–Crippen MR) is 70.3 cm³/mol. The summed E-state index contributed by atoms with van der Waals surface area (Å²) in [7, 11) is 0. The van der Waals surface area contributed by atoms with Crippen molar-refractivity contribution < 1.29 is 13.6 Å². The molecule has 1 aromatic heterocycles. The Morgan fingerprint density at radius 2 is 2.05 bits per heavy atom. The molecule has 2 rings (SSSR count). The first-order valence-corrected chi connectivity index (χ1v) is 5.93. The average Bonchev–Trinajstić information content (AvgIpc) is 2.68. The van der Waals surface area contributed by atoms with Gasteiger partial charge in [0.15, 0.2) is 0 Å². The van der Waals surface area contributed by atoms with Gasteiger partial charge in [0.2, 0.25) is 0 Å². The minimum atomic E-state index is -0.976. The minimum Gasteiger partial charge on any atom is -0.378 e. The number of nitrogens with one attached hydrogen (secondary N) is 2. The number of aromatic nitrogens is 2. The maximum Gasteiger partial charge on any atom is 0.251 e. The zero-order valence-corrected chi connectivity index (χ0v) is 11.1. The van der Waals surface area contributed by atoms with Crippen molar-refractivity contribution in [3.63, 3.8) is 0 Å². The number of halogens is 2. The maximum atomic E-state index is 13.6. The number of nitrogens with zero attached hydrogens (tertiary/aromatic N) is 1. The van der Waals surface area contributed by atoms with Crippen molar-refractivity contribution in [2.45, 2.75) is 20.4 Å². The summed E-state index contributed by atoms with van der Waals surface area (Å²) in [6.45, 7) is 3.96. The summed E-state index contributed by atoms with van der Waals surface area (Å²) in [6.07, 6.45) is 0. The van der Waals surface area contributed by atoms with Crippen LogP contribution in [0.5, 0.6) is 0 Å². The Bertz CT molecular complexity index is 647. The van der Waals surface area contributed by atoms with E-state index in [1.807, 2.05) is 13.8 Å². The largest absolute Gasteiger partial charge is 0.378 e. The van der Waals surface area contributed by atoms with Gasteiger partial charge in [-0.25, -0.2) is 8.78 Å². The molecule has 1 heterocycles. The fourth-order valence-corrected chi connectivity index (χ4v) is 1.89. The number of anilines is 1. The summed E-state index contributed by atoms with van der Waals surface area (Å²) >= 11 is 0. The molecular weight excluding hydrogens is 266 g/mol. The Labute approximate surface area is 114 Å². The number of H-pyrrole nitrogens is 1. The lowest BCUT2D eigenvalue weighted by Gasteiger charge is -2.09. The monoisotopic (exact) mass is 280 g/mol. The van der Waals surface area contributed by atoms with Crippen molar-refractivity contribution in [3.8, 4) is 0 Å². The zero-order valence-electron chi connectivity index (χ0n) is 11.1. The molecule has 0 spiro atoms. The van der Waals surface area contributed by atoms with Crippen LogP contribution < -0.4 is 11.1 Å². The van der Waals surface area contributed by atoms with E-state index >= 15 is 0 Å². The quantitative estimate of drug-likeness (QED) is 0.801. The Balaban J connectivity index is 2.26. The van der Waals surface area contributed by atoms with Gasteiger partial charge in [-0.2, -0.15) is 5.10 Å². The van der Waals surface area contributed by atoms with Gasteiger partial charge < -0.3 is 11.1 Å². The Morgan fingerprint density at radius 1 is 1.35 bits per heavy atom. The third kappa shape index (κ3) is 2.61. The zero-order chi connectivity index (χ0) is 14.9. The summed E-state index contributed by atoms with van der Waals surface area (Å²) in [5.41, 5.74) is 7.21. The van der Waals surface area contributed by atoms with Crippen LogP contribution in [0.1, 0.15) is 27.3 Å². The molecule has 20 heavy (non-hydrogen) atoms. The molecule has 0 aliphatic rings. The lowest BCUT2D eigenvalue weighted by Crippen LogP contribution is -2.14. The number of benzene rings is 1. The highest BCUT2D eigenvalue weighted by atomic mass is 19.1. The summed E-state index contributed by atoms with van der Waals surface area (Å²) in [5, 5.41) is 9.64. The second-order valence-electron chi connectivity index (χ2n) is 4.44. The first-order valence-electron chi connectivity index (χ1n) is 5.93. The van der Waals surface area contributed by atoms with Gasteiger partial charge in [-0.1, -0.05) is 0 Å². The fraction of sp³-hybridized carbons (Fsp3) is 0.231. The van der Waals surface area contributed by atoms with Crippen LogP contribution in [-0.4, -0.2) is 16.1 Å². The molecule has 2 aromatic rings. The smallest absolute Gasteiger partial charge is 0.251 e. The number of hydrogen-bond donors (Lipinski definition) is 3. The predicted octanol–water partition coefficient (Wildman–Crippen LogP) is 2.02. The number of hydrogen-bond acceptors (Lipinski definition) is 3. The fourth-order valence-electron chi connectivity index (χ4n) is 1.89. The van der Waals surface area contributed by atoms with Crippen LogP contribution in [0.15, 0.2) is 12.1 Å². The van der Waals surface area contributed by atoms with Crippen molar-refractivity contribution in [1.82, 2.24) is 10.2 Å². The first kappa shape index (κ1) is 14.0. The number of carbonyl (C=O) groups excluding carboxylic acids is 1. The minimum absolute atomic E-state index is 0.0141. The second-order valence-corrected chi connectivity index (χ2v) is 4.44. The van der Waals surface area contributed by atoms with Crippen LogP contribution in [0.3, 0.4) is 0 Å². The summed E-state index contributed by atoms with van der Waals surface area (Å²) in [5.74, 6) is -2.70. The van der Waals surface area contributed by atoms with Crippen molar-refractivity contribution >= 4 is 11.6 Å². The van der Waals surface area contributed by atoms with Crippen molar-refractivity contribution in [2.24, 2.45) is 5.73 Å². The van der Waals surface area contributed by atoms with Crippen LogP contribution in [0.25, 0.3) is 0 Å². The Kier molecular flexibility index (Phi) is 3.69. The van der Waals surface area contributed by atoms with Gasteiger partial charge >= 0.3 is 0 Å². The van der Waals surface area contributed by atoms with Gasteiger partial charge in [0.05, 0.1) is 16.9 Å². The Hall–Kier alpha value is -2.44. The number of carbonyl (C=O) groups is 1. The number of rotatable bonds is 4. The molecule has 0 unspecified atom stereocenters. The number of amides is 1. The molecule has 0 aliphatic heterocycles. The number of primary amides is 1. The second kappa shape index (κ2) is 5.28. The highest BCUT2D eigenvalue weighted by Gasteiger charge is 2.14. The van der Waals surface area contributed by atoms with Crippen LogP contribution in [0.4, 0.5) is 14.5 Å². The molecule has 0 fully saturated rings. The number of nitrogens with two attached hydrogens (primary N) is 1. The normalized spacial score (nSPS) is 10.6. The first-order chi connectivity index (χ1) is 9.40. The maximum absolute atomic E-state index is 13.6. The third-order valence-electron chi connectivity index (χ3n) is 3.06. The van der Waals surface area contributed by atoms with E-state index in [0.29, 0.717) is 12.6 Å². The lowest BCUT2D eigenvalue weighted by molar-refractivity contribution is 0.0996. The van der Waals surface area contributed by atoms with Crippen LogP contribution >= 0.6 is 0 Å². The van der Waals surface area contributed by atoms with E-state index in [2.05, 4.69) is 15.5 Å². The Morgan fingerprint density at radius 3 is 2.60 bits per heavy atom. The number of aryl methyl sites for hydroxylation is 2. The molecule has 0 bridgehead atoms. The van der Waals surface area contributed by atoms with Gasteiger partial charge in [0, 0.05) is 23.9 Å². The summed E-state index contributed by atoms with van der Waals surface area (Å²) in [4.78, 5) is 11.0. The molecular formula is C13H14F2N4O. The van der Waals surface area contributed by atoms with Crippen LogP contribution in [0, 0.1) is 25.5 Å². The van der Waals surface area contributed by atoms with Gasteiger partial charge in [0.25, 0.3) is 5.91 Å². The van der Waals surface area contributed by atoms with E-state index in [9.17, 15) is 13.6 Å². The highest BCUT2D eigenvalue weighted by Crippen LogP contribution is 2.21. The van der Waals surface area contributed by atoms with Crippen LogP contribution in [0.2, 0.25) is 0 Å². The topological polar surface area (TPSA) is 83.8 Å². The molecule has 0 saturated heterocycles. The number of aromatic amines is 1. The average molecular weight is 280 g/mol. The highest BCUT2D eigenvalue weighted by molar-refractivity contribution is 5.94. The lowest BCUT2D eigenvalue weighted by atomic mass is 10.1. The van der Waals surface area contributed by atoms with Crippen LogP contribution in [-0.2, 0) is 6.54 Å². The molecule has 0 saturated carbocycles. The molecule has 106 valence electrons. The summed E-state index contributed by atoms with van der Waals surface area (Å²) < 4.78 is 27.0. The molecule has 0 radical (unpaired) electrons. The third-order valence-corrected chi connectivity index (χ3v) is 3.06. The molecule has 1 amide bonds. The van der Waals surface area contributed by atoms with Gasteiger partial charge in [-0.05, 0) is 19.9 Å². The van der Waals surface area contributed by atoms with Crippen molar-refractivity contribution in [3.05, 3.63) is 46.3 Å². The summed E-state index contributed by atoms with van der Waals surface area (Å²) in [6, 6.07) is 1.70. The van der Waals surface area contributed by atoms with E-state index < -0.39 is 17.5 Å². The van der Waals surface area contributed by atoms with E-state index in [1.54, 1.807) is 0 Å². The standard InChI is InChI=1S/C13H14F2N4O/c1-6-9(7(2)19-18-6)5-17-12-3-8(13(16)20)10(14)4-11(12)15/h3-4,17H,5H2,1-2H3,(H2,16,20)(H,18,19). The van der Waals surface area contributed by atoms with E-state index in [-0.39, 0.29) is 11.3 Å². The van der Waals surface area contributed by atoms with Gasteiger partial charge in [-0.3, -0.25) is 9.89 Å².